The van der Waals surface area contributed by atoms with Crippen molar-refractivity contribution in [2.45, 2.75) is 50.7 Å². The van der Waals surface area contributed by atoms with Gasteiger partial charge in [0.2, 0.25) is 0 Å². The van der Waals surface area contributed by atoms with Gasteiger partial charge in [0.15, 0.2) is 5.03 Å². The molecular weight excluding hydrogens is 276 g/mol. The zero-order valence-corrected chi connectivity index (χ0v) is 13.2. The molecule has 1 N–H and O–H groups in total. The lowest BCUT2D eigenvalue weighted by Gasteiger charge is -2.22. The third-order valence-electron chi connectivity index (χ3n) is 3.86. The number of rotatable bonds is 6. The Bertz CT molecular complexity index is 538. The highest BCUT2D eigenvalue weighted by molar-refractivity contribution is 7.89. The van der Waals surface area contributed by atoms with E-state index in [0.29, 0.717) is 12.6 Å². The lowest BCUT2D eigenvalue weighted by molar-refractivity contribution is 0.268. The van der Waals surface area contributed by atoms with E-state index in [1.165, 1.54) is 0 Å². The van der Waals surface area contributed by atoms with E-state index in [2.05, 4.69) is 21.5 Å². The first-order valence-electron chi connectivity index (χ1n) is 7.21. The van der Waals surface area contributed by atoms with Crippen molar-refractivity contribution in [1.82, 2.24) is 19.2 Å². The second kappa shape index (κ2) is 6.24. The molecule has 0 bridgehead atoms. The summed E-state index contributed by atoms with van der Waals surface area (Å²) in [6, 6.07) is 0.513. The van der Waals surface area contributed by atoms with E-state index < -0.39 is 10.0 Å². The monoisotopic (exact) mass is 300 g/mol. The molecule has 0 aromatic carbocycles. The largest absolute Gasteiger partial charge is 0.334 e. The van der Waals surface area contributed by atoms with Crippen LogP contribution in [0.1, 0.15) is 39.7 Å². The van der Waals surface area contributed by atoms with Crippen molar-refractivity contribution in [2.75, 3.05) is 19.6 Å². The highest BCUT2D eigenvalue weighted by atomic mass is 32.2. The molecular formula is C13H24N4O2S. The van der Waals surface area contributed by atoms with Gasteiger partial charge in [0.25, 0.3) is 10.0 Å². The first-order valence-corrected chi connectivity index (χ1v) is 8.69. The molecule has 0 aliphatic carbocycles. The summed E-state index contributed by atoms with van der Waals surface area (Å²) in [6.07, 6.45) is 5.34. The Labute approximate surface area is 121 Å². The van der Waals surface area contributed by atoms with Crippen LogP contribution >= 0.6 is 0 Å². The Kier molecular flexibility index (Phi) is 4.82. The number of aromatic nitrogens is 2. The third kappa shape index (κ3) is 3.39. The van der Waals surface area contributed by atoms with Gasteiger partial charge in [-0.1, -0.05) is 6.92 Å². The minimum absolute atomic E-state index is 0.104. The Hall–Kier alpha value is -0.920. The molecule has 2 heterocycles. The maximum Gasteiger partial charge on any atom is 0.259 e. The minimum atomic E-state index is -3.50. The number of hydrogen-bond acceptors (Lipinski definition) is 4. The van der Waals surface area contributed by atoms with E-state index in [-0.39, 0.29) is 11.1 Å². The predicted molar refractivity (Wildman–Crippen MR) is 78.1 cm³/mol. The minimum Gasteiger partial charge on any atom is -0.334 e. The van der Waals surface area contributed by atoms with Crippen molar-refractivity contribution < 1.29 is 8.42 Å². The zero-order valence-electron chi connectivity index (χ0n) is 12.4. The van der Waals surface area contributed by atoms with Gasteiger partial charge < -0.3 is 4.57 Å². The first kappa shape index (κ1) is 15.5. The predicted octanol–water partition coefficient (Wildman–Crippen LogP) is 1.23. The summed E-state index contributed by atoms with van der Waals surface area (Å²) in [5.74, 6) is 0. The molecule has 1 fully saturated rings. The first-order chi connectivity index (χ1) is 9.44. The van der Waals surface area contributed by atoms with E-state index in [1.54, 1.807) is 17.1 Å². The van der Waals surface area contributed by atoms with Crippen LogP contribution in [0.2, 0.25) is 0 Å². The number of nitrogens with zero attached hydrogens (tertiary/aromatic N) is 3. The van der Waals surface area contributed by atoms with Crippen molar-refractivity contribution >= 4 is 10.0 Å². The summed E-state index contributed by atoms with van der Waals surface area (Å²) >= 11 is 0. The van der Waals surface area contributed by atoms with Crippen LogP contribution in [-0.2, 0) is 10.0 Å². The lowest BCUT2D eigenvalue weighted by Crippen LogP contribution is -2.40. The number of likely N-dealkylation sites (N-methyl/N-ethyl adjacent to an activating group) is 1. The molecule has 1 aliphatic heterocycles. The molecule has 6 nitrogen and oxygen atoms in total. The van der Waals surface area contributed by atoms with E-state index in [0.717, 1.165) is 25.9 Å². The van der Waals surface area contributed by atoms with Gasteiger partial charge in [-0.05, 0) is 39.8 Å². The van der Waals surface area contributed by atoms with Crippen LogP contribution in [0.3, 0.4) is 0 Å². The van der Waals surface area contributed by atoms with Crippen LogP contribution in [0, 0.1) is 0 Å². The molecule has 2 rings (SSSR count). The summed E-state index contributed by atoms with van der Waals surface area (Å²) < 4.78 is 28.9. The van der Waals surface area contributed by atoms with Gasteiger partial charge in [0, 0.05) is 24.8 Å². The lowest BCUT2D eigenvalue weighted by atomic mass is 10.2. The number of imidazole rings is 1. The highest BCUT2D eigenvalue weighted by Gasteiger charge is 2.26. The molecule has 0 radical (unpaired) electrons. The van der Waals surface area contributed by atoms with Crippen LogP contribution in [0.15, 0.2) is 17.6 Å². The third-order valence-corrected chi connectivity index (χ3v) is 5.17. The van der Waals surface area contributed by atoms with Gasteiger partial charge in [-0.2, -0.15) is 0 Å². The van der Waals surface area contributed by atoms with Crippen molar-refractivity contribution in [2.24, 2.45) is 0 Å². The van der Waals surface area contributed by atoms with E-state index in [9.17, 15) is 8.42 Å². The molecule has 20 heavy (non-hydrogen) atoms. The summed E-state index contributed by atoms with van der Waals surface area (Å²) in [7, 11) is -3.50. The molecule has 7 heteroatoms. The summed E-state index contributed by atoms with van der Waals surface area (Å²) in [6.45, 7) is 8.58. The van der Waals surface area contributed by atoms with Gasteiger partial charge >= 0.3 is 0 Å². The zero-order chi connectivity index (χ0) is 14.8. The maximum absolute atomic E-state index is 12.2. The summed E-state index contributed by atoms with van der Waals surface area (Å²) in [5, 5.41) is 0.104. The maximum atomic E-state index is 12.2. The molecule has 0 amide bonds. The van der Waals surface area contributed by atoms with Crippen LogP contribution in [0.4, 0.5) is 0 Å². The molecule has 0 spiro atoms. The fraction of sp³-hybridized carbons (Fsp3) is 0.769. The van der Waals surface area contributed by atoms with Crippen LogP contribution < -0.4 is 4.72 Å². The average Bonchev–Trinajstić information content (AvgIpc) is 3.05. The van der Waals surface area contributed by atoms with E-state index in [4.69, 9.17) is 0 Å². The van der Waals surface area contributed by atoms with E-state index in [1.807, 2.05) is 13.8 Å². The normalized spacial score (nSPS) is 20.9. The molecule has 0 unspecified atom stereocenters. The number of nitrogens with one attached hydrogen (secondary N) is 1. The SMILES string of the molecule is CCN1CCC[C@H]1CNS(=O)(=O)c1cn(C(C)C)cn1. The quantitative estimate of drug-likeness (QED) is 0.858. The number of likely N-dealkylation sites (tertiary alicyclic amines) is 1. The summed E-state index contributed by atoms with van der Waals surface area (Å²) in [5.41, 5.74) is 0. The Morgan fingerprint density at radius 3 is 2.85 bits per heavy atom. The molecule has 1 saturated heterocycles. The second-order valence-corrected chi connectivity index (χ2v) is 7.24. The highest BCUT2D eigenvalue weighted by Crippen LogP contribution is 2.16. The molecule has 0 saturated carbocycles. The molecule has 1 aromatic heterocycles. The van der Waals surface area contributed by atoms with Gasteiger partial charge in [-0.25, -0.2) is 18.1 Å². The average molecular weight is 300 g/mol. The smallest absolute Gasteiger partial charge is 0.259 e. The van der Waals surface area contributed by atoms with Crippen molar-refractivity contribution in [3.05, 3.63) is 12.5 Å². The van der Waals surface area contributed by atoms with Crippen LogP contribution in [0.5, 0.6) is 0 Å². The molecule has 1 aliphatic rings. The summed E-state index contributed by atoms with van der Waals surface area (Å²) in [4.78, 5) is 6.31. The topological polar surface area (TPSA) is 67.2 Å². The fourth-order valence-electron chi connectivity index (χ4n) is 2.56. The van der Waals surface area contributed by atoms with Gasteiger partial charge in [-0.3, -0.25) is 4.90 Å². The number of hydrogen-bond donors (Lipinski definition) is 1. The van der Waals surface area contributed by atoms with Crippen LogP contribution in [0.25, 0.3) is 0 Å². The van der Waals surface area contributed by atoms with Gasteiger partial charge in [-0.15, -0.1) is 0 Å². The fourth-order valence-corrected chi connectivity index (χ4v) is 3.57. The van der Waals surface area contributed by atoms with E-state index >= 15 is 0 Å². The Morgan fingerprint density at radius 1 is 1.50 bits per heavy atom. The Balaban J connectivity index is 2.00. The van der Waals surface area contributed by atoms with Gasteiger partial charge in [0.1, 0.15) is 0 Å². The van der Waals surface area contributed by atoms with Crippen molar-refractivity contribution in [1.29, 1.82) is 0 Å². The standard InChI is InChI=1S/C13H24N4O2S/c1-4-16-7-5-6-12(16)8-15-20(18,19)13-9-17(10-14-13)11(2)3/h9-12,15H,4-8H2,1-3H3/t12-/m0/s1. The number of sulfonamides is 1. The molecule has 1 aromatic rings. The van der Waals surface area contributed by atoms with Crippen LogP contribution in [-0.4, -0.2) is 48.5 Å². The molecule has 1 atom stereocenters. The molecule has 114 valence electrons. The van der Waals surface area contributed by atoms with Gasteiger partial charge in [0.05, 0.1) is 6.33 Å². The van der Waals surface area contributed by atoms with Crippen molar-refractivity contribution in [3.8, 4) is 0 Å². The van der Waals surface area contributed by atoms with Crippen molar-refractivity contribution in [3.63, 3.8) is 0 Å². The Morgan fingerprint density at radius 2 is 2.25 bits per heavy atom. The second-order valence-electron chi connectivity index (χ2n) is 5.53.